The van der Waals surface area contributed by atoms with E-state index in [1.54, 1.807) is 11.3 Å². The molecule has 1 unspecified atom stereocenters. The minimum atomic E-state index is 0.133. The zero-order valence-corrected chi connectivity index (χ0v) is 15.7. The molecule has 1 atom stereocenters. The van der Waals surface area contributed by atoms with Gasteiger partial charge in [0.15, 0.2) is 0 Å². The number of aryl methyl sites for hydroxylation is 1. The highest BCUT2D eigenvalue weighted by Gasteiger charge is 2.22. The first-order valence-electron chi connectivity index (χ1n) is 6.86. The van der Waals surface area contributed by atoms with Crippen molar-refractivity contribution in [1.82, 2.24) is 14.9 Å². The van der Waals surface area contributed by atoms with Gasteiger partial charge in [-0.15, -0.1) is 11.3 Å². The highest BCUT2D eigenvalue weighted by Crippen LogP contribution is 2.37. The van der Waals surface area contributed by atoms with Crippen LogP contribution in [-0.2, 0) is 6.54 Å². The third-order valence-corrected chi connectivity index (χ3v) is 5.45. The van der Waals surface area contributed by atoms with E-state index in [1.807, 2.05) is 6.20 Å². The maximum absolute atomic E-state index is 4.58. The van der Waals surface area contributed by atoms with Crippen molar-refractivity contribution >= 4 is 43.2 Å². The standard InChI is InChI=1S/C14H19Br2N3S/c1-3-5-17-12(10-9-11(15)20-13(10)16)14-18-6-8-19(14)7-4-2/h6,8-9,12,17H,3-5,7H2,1-2H3. The van der Waals surface area contributed by atoms with Gasteiger partial charge in [0, 0.05) is 24.5 Å². The number of nitrogens with one attached hydrogen (secondary N) is 1. The molecular weight excluding hydrogens is 402 g/mol. The van der Waals surface area contributed by atoms with Gasteiger partial charge < -0.3 is 9.88 Å². The largest absolute Gasteiger partial charge is 0.333 e. The van der Waals surface area contributed by atoms with E-state index in [9.17, 15) is 0 Å². The lowest BCUT2D eigenvalue weighted by atomic mass is 10.1. The van der Waals surface area contributed by atoms with E-state index in [0.717, 1.165) is 39.3 Å². The smallest absolute Gasteiger partial charge is 0.130 e. The van der Waals surface area contributed by atoms with Crippen LogP contribution in [-0.4, -0.2) is 16.1 Å². The van der Waals surface area contributed by atoms with Crippen molar-refractivity contribution in [3.8, 4) is 0 Å². The molecule has 110 valence electrons. The predicted molar refractivity (Wildman–Crippen MR) is 92.4 cm³/mol. The SMILES string of the molecule is CCCNC(c1cc(Br)sc1Br)c1nccn1CCC. The Bertz CT molecular complexity index is 550. The fraction of sp³-hybridized carbons (Fsp3) is 0.500. The molecule has 2 aromatic rings. The molecule has 0 aliphatic carbocycles. The number of nitrogens with zero attached hydrogens (tertiary/aromatic N) is 2. The van der Waals surface area contributed by atoms with E-state index in [4.69, 9.17) is 0 Å². The second-order valence-corrected chi connectivity index (χ2v) is 8.39. The van der Waals surface area contributed by atoms with Crippen LogP contribution >= 0.6 is 43.2 Å². The van der Waals surface area contributed by atoms with Gasteiger partial charge in [0.05, 0.1) is 13.6 Å². The monoisotopic (exact) mass is 419 g/mol. The second kappa shape index (κ2) is 7.73. The summed E-state index contributed by atoms with van der Waals surface area (Å²) in [5.74, 6) is 1.09. The molecule has 0 bridgehead atoms. The number of aromatic nitrogens is 2. The van der Waals surface area contributed by atoms with Gasteiger partial charge in [0.25, 0.3) is 0 Å². The fourth-order valence-electron chi connectivity index (χ4n) is 2.19. The van der Waals surface area contributed by atoms with Crippen LogP contribution in [0.1, 0.15) is 44.1 Å². The normalized spacial score (nSPS) is 12.8. The first-order valence-corrected chi connectivity index (χ1v) is 9.26. The number of hydrogen-bond acceptors (Lipinski definition) is 3. The van der Waals surface area contributed by atoms with E-state index in [0.29, 0.717) is 0 Å². The summed E-state index contributed by atoms with van der Waals surface area (Å²) in [6.45, 7) is 6.35. The van der Waals surface area contributed by atoms with Crippen molar-refractivity contribution < 1.29 is 0 Å². The number of halogens is 2. The van der Waals surface area contributed by atoms with Gasteiger partial charge in [0.2, 0.25) is 0 Å². The molecule has 6 heteroatoms. The van der Waals surface area contributed by atoms with Crippen molar-refractivity contribution in [1.29, 1.82) is 0 Å². The Hall–Kier alpha value is -0.170. The van der Waals surface area contributed by atoms with Crippen molar-refractivity contribution in [3.05, 3.63) is 37.4 Å². The Morgan fingerprint density at radius 1 is 1.35 bits per heavy atom. The maximum Gasteiger partial charge on any atom is 0.130 e. The molecule has 0 fully saturated rings. The van der Waals surface area contributed by atoms with E-state index >= 15 is 0 Å². The minimum absolute atomic E-state index is 0.133. The maximum atomic E-state index is 4.58. The molecule has 0 spiro atoms. The number of thiophene rings is 1. The molecule has 0 aromatic carbocycles. The molecule has 0 saturated carbocycles. The zero-order valence-electron chi connectivity index (χ0n) is 11.7. The van der Waals surface area contributed by atoms with Crippen LogP contribution in [0.2, 0.25) is 0 Å². The molecule has 2 aromatic heterocycles. The highest BCUT2D eigenvalue weighted by molar-refractivity contribution is 9.12. The highest BCUT2D eigenvalue weighted by atomic mass is 79.9. The van der Waals surface area contributed by atoms with E-state index in [2.05, 4.69) is 72.8 Å². The lowest BCUT2D eigenvalue weighted by Gasteiger charge is -2.19. The molecule has 0 saturated heterocycles. The molecule has 1 N–H and O–H groups in total. The summed E-state index contributed by atoms with van der Waals surface area (Å²) in [6, 6.07) is 2.31. The number of rotatable bonds is 7. The lowest BCUT2D eigenvalue weighted by Crippen LogP contribution is -2.26. The Balaban J connectivity index is 2.36. The summed E-state index contributed by atoms with van der Waals surface area (Å²) < 4.78 is 4.53. The molecule has 0 aliphatic rings. The Kier molecular flexibility index (Phi) is 6.26. The van der Waals surface area contributed by atoms with Crippen LogP contribution in [0, 0.1) is 0 Å². The van der Waals surface area contributed by atoms with Gasteiger partial charge in [-0.25, -0.2) is 4.98 Å². The summed E-state index contributed by atoms with van der Waals surface area (Å²) >= 11 is 8.94. The lowest BCUT2D eigenvalue weighted by molar-refractivity contribution is 0.530. The van der Waals surface area contributed by atoms with E-state index in [-0.39, 0.29) is 6.04 Å². The average molecular weight is 421 g/mol. The number of imidazole rings is 1. The first-order chi connectivity index (χ1) is 9.67. The first kappa shape index (κ1) is 16.2. The molecule has 2 rings (SSSR count). The molecule has 0 radical (unpaired) electrons. The fourth-order valence-corrected chi connectivity index (χ4v) is 5.09. The molecule has 2 heterocycles. The van der Waals surface area contributed by atoms with Gasteiger partial charge in [-0.3, -0.25) is 0 Å². The van der Waals surface area contributed by atoms with Gasteiger partial charge >= 0.3 is 0 Å². The van der Waals surface area contributed by atoms with Crippen LogP contribution in [0.4, 0.5) is 0 Å². The van der Waals surface area contributed by atoms with Crippen LogP contribution < -0.4 is 5.32 Å². The summed E-state index contributed by atoms with van der Waals surface area (Å²) in [4.78, 5) is 4.58. The summed E-state index contributed by atoms with van der Waals surface area (Å²) in [6.07, 6.45) is 6.17. The minimum Gasteiger partial charge on any atom is -0.333 e. The van der Waals surface area contributed by atoms with Gasteiger partial charge in [0.1, 0.15) is 5.82 Å². The van der Waals surface area contributed by atoms with Crippen molar-refractivity contribution in [2.75, 3.05) is 6.54 Å². The van der Waals surface area contributed by atoms with Gasteiger partial charge in [-0.2, -0.15) is 0 Å². The molecule has 0 amide bonds. The van der Waals surface area contributed by atoms with Crippen LogP contribution in [0.25, 0.3) is 0 Å². The van der Waals surface area contributed by atoms with E-state index < -0.39 is 0 Å². The van der Waals surface area contributed by atoms with Crippen LogP contribution in [0.5, 0.6) is 0 Å². The molecular formula is C14H19Br2N3S. The predicted octanol–water partition coefficient (Wildman–Crippen LogP) is 4.97. The van der Waals surface area contributed by atoms with Crippen LogP contribution in [0.3, 0.4) is 0 Å². The summed E-state index contributed by atoms with van der Waals surface area (Å²) in [7, 11) is 0. The quantitative estimate of drug-likeness (QED) is 0.685. The van der Waals surface area contributed by atoms with Gasteiger partial charge in [-0.1, -0.05) is 13.8 Å². The third kappa shape index (κ3) is 3.72. The molecule has 0 aliphatic heterocycles. The van der Waals surface area contributed by atoms with Crippen molar-refractivity contribution in [3.63, 3.8) is 0 Å². The Morgan fingerprint density at radius 2 is 2.15 bits per heavy atom. The van der Waals surface area contributed by atoms with Crippen LogP contribution in [0.15, 0.2) is 26.0 Å². The molecule has 20 heavy (non-hydrogen) atoms. The number of hydrogen-bond donors (Lipinski definition) is 1. The topological polar surface area (TPSA) is 29.9 Å². The second-order valence-electron chi connectivity index (χ2n) is 4.65. The third-order valence-electron chi connectivity index (χ3n) is 3.06. The average Bonchev–Trinajstić information content (AvgIpc) is 2.99. The van der Waals surface area contributed by atoms with Crippen molar-refractivity contribution in [2.24, 2.45) is 0 Å². The Labute approximate surface area is 141 Å². The summed E-state index contributed by atoms with van der Waals surface area (Å²) in [5, 5.41) is 3.61. The van der Waals surface area contributed by atoms with E-state index in [1.165, 1.54) is 5.56 Å². The Morgan fingerprint density at radius 3 is 2.75 bits per heavy atom. The molecule has 3 nitrogen and oxygen atoms in total. The van der Waals surface area contributed by atoms with Crippen molar-refractivity contribution in [2.45, 2.75) is 39.3 Å². The van der Waals surface area contributed by atoms with Gasteiger partial charge in [-0.05, 0) is 57.3 Å². The summed E-state index contributed by atoms with van der Waals surface area (Å²) in [5.41, 5.74) is 1.25. The zero-order chi connectivity index (χ0) is 14.5.